The molecular formula is C42H32N2. The minimum Gasteiger partial charge on any atom is -0.313 e. The second-order valence-electron chi connectivity index (χ2n) is 11.9. The molecule has 1 aliphatic rings. The first-order valence-electron chi connectivity index (χ1n) is 15.8. The van der Waals surface area contributed by atoms with E-state index in [1.165, 1.54) is 90.4 Å². The van der Waals surface area contributed by atoms with Gasteiger partial charge in [-0.25, -0.2) is 0 Å². The van der Waals surface area contributed by atoms with Crippen molar-refractivity contribution >= 4 is 32.7 Å². The lowest BCUT2D eigenvalue weighted by atomic mass is 9.94. The first-order chi connectivity index (χ1) is 21.9. The third kappa shape index (κ3) is 3.74. The molecule has 0 spiro atoms. The zero-order chi connectivity index (χ0) is 29.0. The SMILES string of the molecule is c1ccc(-c2ccccc2-n2c3c(c4c2ccc2c5ccccc5n(-c5ccccc5-c5ccccc5)c24)CCCC3)cc1. The minimum atomic E-state index is 1.09. The van der Waals surface area contributed by atoms with Crippen LogP contribution in [0.15, 0.2) is 146 Å². The van der Waals surface area contributed by atoms with Crippen LogP contribution in [0.1, 0.15) is 24.1 Å². The molecule has 2 nitrogen and oxygen atoms in total. The largest absolute Gasteiger partial charge is 0.313 e. The number of nitrogens with zero attached hydrogens (tertiary/aromatic N) is 2. The summed E-state index contributed by atoms with van der Waals surface area (Å²) in [5.41, 5.74) is 14.3. The third-order valence-electron chi connectivity index (χ3n) is 9.53. The number of fused-ring (bicyclic) bond motifs is 7. The number of rotatable bonds is 4. The maximum atomic E-state index is 2.59. The molecule has 0 radical (unpaired) electrons. The van der Waals surface area contributed by atoms with Crippen LogP contribution in [0.3, 0.4) is 0 Å². The Bertz CT molecular complexity index is 2320. The Balaban J connectivity index is 1.44. The summed E-state index contributed by atoms with van der Waals surface area (Å²) in [6.07, 6.45) is 4.65. The van der Waals surface area contributed by atoms with Gasteiger partial charge in [-0.05, 0) is 66.6 Å². The van der Waals surface area contributed by atoms with Crippen LogP contribution < -0.4 is 0 Å². The fraction of sp³-hybridized carbons (Fsp3) is 0.0952. The molecular weight excluding hydrogens is 532 g/mol. The highest BCUT2D eigenvalue weighted by molar-refractivity contribution is 6.20. The van der Waals surface area contributed by atoms with Crippen LogP contribution in [0.5, 0.6) is 0 Å². The van der Waals surface area contributed by atoms with Crippen LogP contribution in [0.25, 0.3) is 66.3 Å². The Hall–Kier alpha value is -5.34. The van der Waals surface area contributed by atoms with Crippen LogP contribution in [0, 0.1) is 0 Å². The summed E-state index contributed by atoms with van der Waals surface area (Å²) < 4.78 is 5.15. The van der Waals surface area contributed by atoms with E-state index in [9.17, 15) is 0 Å². The summed E-state index contributed by atoms with van der Waals surface area (Å²) in [6, 6.07) is 53.2. The normalized spacial score (nSPS) is 13.1. The van der Waals surface area contributed by atoms with E-state index in [4.69, 9.17) is 0 Å². The lowest BCUT2D eigenvalue weighted by molar-refractivity contribution is 0.667. The monoisotopic (exact) mass is 564 g/mol. The quantitative estimate of drug-likeness (QED) is 0.201. The predicted octanol–water partition coefficient (Wildman–Crippen LogP) is 10.9. The summed E-state index contributed by atoms with van der Waals surface area (Å²) in [5, 5.41) is 4.02. The van der Waals surface area contributed by atoms with Crippen molar-refractivity contribution in [1.82, 2.24) is 9.13 Å². The van der Waals surface area contributed by atoms with Crippen molar-refractivity contribution in [1.29, 1.82) is 0 Å². The second-order valence-corrected chi connectivity index (χ2v) is 11.9. The van der Waals surface area contributed by atoms with Crippen molar-refractivity contribution in [2.45, 2.75) is 25.7 Å². The summed E-state index contributed by atoms with van der Waals surface area (Å²) in [7, 11) is 0. The summed E-state index contributed by atoms with van der Waals surface area (Å²) in [5.74, 6) is 0. The topological polar surface area (TPSA) is 9.86 Å². The van der Waals surface area contributed by atoms with E-state index < -0.39 is 0 Å². The van der Waals surface area contributed by atoms with Gasteiger partial charge in [-0.3, -0.25) is 0 Å². The van der Waals surface area contributed by atoms with Gasteiger partial charge in [0.05, 0.1) is 27.9 Å². The van der Waals surface area contributed by atoms with Crippen LogP contribution in [0.2, 0.25) is 0 Å². The zero-order valence-corrected chi connectivity index (χ0v) is 24.6. The number of para-hydroxylation sites is 3. The van der Waals surface area contributed by atoms with Crippen molar-refractivity contribution < 1.29 is 0 Å². The van der Waals surface area contributed by atoms with E-state index in [0.717, 1.165) is 12.8 Å². The molecule has 0 fully saturated rings. The third-order valence-corrected chi connectivity index (χ3v) is 9.53. The Labute approximate surface area is 257 Å². The average molecular weight is 565 g/mol. The van der Waals surface area contributed by atoms with Gasteiger partial charge in [0.25, 0.3) is 0 Å². The van der Waals surface area contributed by atoms with E-state index in [1.807, 2.05) is 0 Å². The van der Waals surface area contributed by atoms with Crippen LogP contribution in [0.4, 0.5) is 0 Å². The molecule has 210 valence electrons. The van der Waals surface area contributed by atoms with Gasteiger partial charge in [-0.2, -0.15) is 0 Å². The van der Waals surface area contributed by atoms with E-state index >= 15 is 0 Å². The molecule has 2 heterocycles. The number of benzene rings is 6. The van der Waals surface area contributed by atoms with E-state index in [-0.39, 0.29) is 0 Å². The fourth-order valence-corrected chi connectivity index (χ4v) is 7.67. The highest BCUT2D eigenvalue weighted by Gasteiger charge is 2.27. The molecule has 9 rings (SSSR count). The Kier molecular flexibility index (Phi) is 5.80. The maximum absolute atomic E-state index is 2.59. The highest BCUT2D eigenvalue weighted by atomic mass is 15.0. The first kappa shape index (κ1) is 25.2. The molecule has 0 N–H and O–H groups in total. The van der Waals surface area contributed by atoms with Crippen LogP contribution >= 0.6 is 0 Å². The summed E-state index contributed by atoms with van der Waals surface area (Å²) in [6.45, 7) is 0. The summed E-state index contributed by atoms with van der Waals surface area (Å²) in [4.78, 5) is 0. The van der Waals surface area contributed by atoms with Crippen molar-refractivity contribution in [3.63, 3.8) is 0 Å². The molecule has 8 aromatic rings. The molecule has 6 aromatic carbocycles. The smallest absolute Gasteiger partial charge is 0.0638 e. The molecule has 0 bridgehead atoms. The van der Waals surface area contributed by atoms with E-state index in [2.05, 4.69) is 155 Å². The van der Waals surface area contributed by atoms with Gasteiger partial charge >= 0.3 is 0 Å². The number of hydrogen-bond donors (Lipinski definition) is 0. The Morgan fingerprint density at radius 1 is 0.409 bits per heavy atom. The van der Waals surface area contributed by atoms with Gasteiger partial charge in [0.15, 0.2) is 0 Å². The van der Waals surface area contributed by atoms with Gasteiger partial charge in [-0.15, -0.1) is 0 Å². The predicted molar refractivity (Wildman–Crippen MR) is 185 cm³/mol. The molecule has 2 heteroatoms. The lowest BCUT2D eigenvalue weighted by Crippen LogP contribution is -2.07. The Morgan fingerprint density at radius 3 is 1.68 bits per heavy atom. The van der Waals surface area contributed by atoms with Gasteiger partial charge < -0.3 is 9.13 Å². The number of aromatic nitrogens is 2. The van der Waals surface area contributed by atoms with Gasteiger partial charge in [0.1, 0.15) is 0 Å². The molecule has 0 aliphatic heterocycles. The second kappa shape index (κ2) is 10.1. The van der Waals surface area contributed by atoms with Crippen LogP contribution in [-0.4, -0.2) is 9.13 Å². The average Bonchev–Trinajstić information content (AvgIpc) is 3.62. The molecule has 0 atom stereocenters. The van der Waals surface area contributed by atoms with Gasteiger partial charge in [0.2, 0.25) is 0 Å². The molecule has 0 saturated carbocycles. The fourth-order valence-electron chi connectivity index (χ4n) is 7.67. The van der Waals surface area contributed by atoms with Crippen molar-refractivity contribution in [3.8, 4) is 33.6 Å². The lowest BCUT2D eigenvalue weighted by Gasteiger charge is -2.18. The van der Waals surface area contributed by atoms with E-state index in [1.54, 1.807) is 0 Å². The molecule has 2 aromatic heterocycles. The zero-order valence-electron chi connectivity index (χ0n) is 24.6. The number of aryl methyl sites for hydroxylation is 1. The molecule has 0 unspecified atom stereocenters. The van der Waals surface area contributed by atoms with Gasteiger partial charge in [0, 0.05) is 33.0 Å². The van der Waals surface area contributed by atoms with Crippen molar-refractivity contribution in [2.75, 3.05) is 0 Å². The van der Waals surface area contributed by atoms with E-state index in [0.29, 0.717) is 0 Å². The molecule has 44 heavy (non-hydrogen) atoms. The highest BCUT2D eigenvalue weighted by Crippen LogP contribution is 2.45. The number of hydrogen-bond acceptors (Lipinski definition) is 0. The molecule has 1 aliphatic carbocycles. The van der Waals surface area contributed by atoms with Gasteiger partial charge in [-0.1, -0.05) is 121 Å². The Morgan fingerprint density at radius 2 is 0.977 bits per heavy atom. The first-order valence-corrected chi connectivity index (χ1v) is 15.8. The maximum Gasteiger partial charge on any atom is 0.0638 e. The van der Waals surface area contributed by atoms with Crippen molar-refractivity contribution in [3.05, 3.63) is 157 Å². The minimum absolute atomic E-state index is 1.09. The van der Waals surface area contributed by atoms with Crippen molar-refractivity contribution in [2.24, 2.45) is 0 Å². The molecule has 0 saturated heterocycles. The van der Waals surface area contributed by atoms with Crippen LogP contribution in [-0.2, 0) is 12.8 Å². The molecule has 0 amide bonds. The standard InChI is InChI=1S/C42H32N2/c1-3-15-29(16-4-1)31-19-7-11-23-36(31)43-39-26-14-10-22-35(39)41-40(43)28-27-34-33-21-9-13-25-38(33)44(42(34)41)37-24-12-8-20-32(37)30-17-5-2-6-18-30/h1-9,11-13,15-21,23-25,27-28H,10,14,22,26H2. The summed E-state index contributed by atoms with van der Waals surface area (Å²) >= 11 is 0.